The summed E-state index contributed by atoms with van der Waals surface area (Å²) in [5.41, 5.74) is 0. The third-order valence-corrected chi connectivity index (χ3v) is 3.23. The number of methoxy groups -OCH3 is 1. The normalized spacial score (nSPS) is 10.4. The van der Waals surface area contributed by atoms with Gasteiger partial charge >= 0.3 is 0 Å². The molecule has 0 saturated carbocycles. The van der Waals surface area contributed by atoms with Gasteiger partial charge in [0.1, 0.15) is 0 Å². The van der Waals surface area contributed by atoms with Gasteiger partial charge in [-0.1, -0.05) is 6.07 Å². The third-order valence-electron chi connectivity index (χ3n) is 2.31. The Labute approximate surface area is 105 Å². The number of nitrogens with zero attached hydrogens (tertiary/aromatic N) is 2. The largest absolute Gasteiger partial charge is 0.383 e. The number of ketones is 1. The molecule has 4 nitrogen and oxygen atoms in total. The average Bonchev–Trinajstić information content (AvgIpc) is 2.86. The number of hydrogen-bond acceptors (Lipinski definition) is 5. The Morgan fingerprint density at radius 3 is 3.00 bits per heavy atom. The summed E-state index contributed by atoms with van der Waals surface area (Å²) in [4.78, 5) is 14.6. The number of rotatable bonds is 8. The van der Waals surface area contributed by atoms with Gasteiger partial charge in [-0.2, -0.15) is 5.26 Å². The zero-order chi connectivity index (χ0) is 12.5. The van der Waals surface area contributed by atoms with Crippen molar-refractivity contribution in [2.24, 2.45) is 0 Å². The van der Waals surface area contributed by atoms with Crippen LogP contribution >= 0.6 is 11.3 Å². The predicted molar refractivity (Wildman–Crippen MR) is 67.2 cm³/mol. The molecule has 1 heterocycles. The van der Waals surface area contributed by atoms with E-state index in [0.717, 1.165) is 4.88 Å². The van der Waals surface area contributed by atoms with Gasteiger partial charge in [-0.3, -0.25) is 9.69 Å². The number of hydrogen-bond donors (Lipinski definition) is 0. The SMILES string of the molecule is COCCN(CCC#N)CC(=O)c1cccs1. The van der Waals surface area contributed by atoms with Crippen LogP contribution in [0.5, 0.6) is 0 Å². The number of carbonyl (C=O) groups excluding carboxylic acids is 1. The van der Waals surface area contributed by atoms with E-state index in [-0.39, 0.29) is 5.78 Å². The second-order valence-corrected chi connectivity index (χ2v) is 4.53. The van der Waals surface area contributed by atoms with E-state index in [1.54, 1.807) is 7.11 Å². The summed E-state index contributed by atoms with van der Waals surface area (Å²) in [6.45, 7) is 2.21. The molecule has 0 N–H and O–H groups in total. The fraction of sp³-hybridized carbons (Fsp3) is 0.500. The van der Waals surface area contributed by atoms with Crippen molar-refractivity contribution >= 4 is 17.1 Å². The molecule has 0 saturated heterocycles. The van der Waals surface area contributed by atoms with E-state index in [0.29, 0.717) is 32.7 Å². The van der Waals surface area contributed by atoms with E-state index < -0.39 is 0 Å². The van der Waals surface area contributed by atoms with Crippen molar-refractivity contribution in [2.45, 2.75) is 6.42 Å². The van der Waals surface area contributed by atoms with Crippen LogP contribution in [0.2, 0.25) is 0 Å². The second-order valence-electron chi connectivity index (χ2n) is 3.58. The molecule has 0 aliphatic carbocycles. The highest BCUT2D eigenvalue weighted by Gasteiger charge is 2.12. The maximum absolute atomic E-state index is 11.9. The smallest absolute Gasteiger partial charge is 0.186 e. The van der Waals surface area contributed by atoms with Gasteiger partial charge in [0.2, 0.25) is 0 Å². The summed E-state index contributed by atoms with van der Waals surface area (Å²) < 4.78 is 4.99. The Morgan fingerprint density at radius 2 is 2.41 bits per heavy atom. The van der Waals surface area contributed by atoms with Crippen molar-refractivity contribution in [3.05, 3.63) is 22.4 Å². The Balaban J connectivity index is 2.47. The minimum absolute atomic E-state index is 0.106. The number of thiophene rings is 1. The monoisotopic (exact) mass is 252 g/mol. The molecule has 1 aromatic heterocycles. The summed E-state index contributed by atoms with van der Waals surface area (Å²) in [5, 5.41) is 10.5. The fourth-order valence-corrected chi connectivity index (χ4v) is 2.07. The van der Waals surface area contributed by atoms with Crippen molar-refractivity contribution in [1.82, 2.24) is 4.90 Å². The van der Waals surface area contributed by atoms with Crippen LogP contribution in [0.1, 0.15) is 16.1 Å². The van der Waals surface area contributed by atoms with E-state index in [1.165, 1.54) is 11.3 Å². The van der Waals surface area contributed by atoms with Gasteiger partial charge in [0.05, 0.1) is 24.1 Å². The first kappa shape index (κ1) is 13.8. The number of carbonyl (C=O) groups is 1. The average molecular weight is 252 g/mol. The fourth-order valence-electron chi connectivity index (χ4n) is 1.42. The maximum atomic E-state index is 11.9. The second kappa shape index (κ2) is 7.96. The van der Waals surface area contributed by atoms with Crippen LogP contribution in [0.3, 0.4) is 0 Å². The molecule has 0 radical (unpaired) electrons. The molecule has 0 amide bonds. The summed E-state index contributed by atoms with van der Waals surface area (Å²) in [6.07, 6.45) is 0.432. The van der Waals surface area contributed by atoms with E-state index in [2.05, 4.69) is 6.07 Å². The highest BCUT2D eigenvalue weighted by Crippen LogP contribution is 2.10. The molecule has 0 fully saturated rings. The van der Waals surface area contributed by atoms with E-state index in [9.17, 15) is 4.79 Å². The zero-order valence-corrected chi connectivity index (χ0v) is 10.7. The van der Waals surface area contributed by atoms with Crippen molar-refractivity contribution in [3.8, 4) is 6.07 Å². The van der Waals surface area contributed by atoms with Crippen molar-refractivity contribution in [1.29, 1.82) is 5.26 Å². The molecule has 92 valence electrons. The standard InChI is InChI=1S/C12H16N2O2S/c1-16-8-7-14(6-3-5-13)10-11(15)12-4-2-9-17-12/h2,4,9H,3,6-8,10H2,1H3. The molecule has 1 aromatic rings. The predicted octanol–water partition coefficient (Wildman–Crippen LogP) is 1.79. The van der Waals surface area contributed by atoms with Crippen LogP contribution in [-0.2, 0) is 4.74 Å². The lowest BCUT2D eigenvalue weighted by Crippen LogP contribution is -2.33. The number of nitriles is 1. The highest BCUT2D eigenvalue weighted by molar-refractivity contribution is 7.12. The lowest BCUT2D eigenvalue weighted by Gasteiger charge is -2.19. The maximum Gasteiger partial charge on any atom is 0.186 e. The first-order valence-electron chi connectivity index (χ1n) is 5.43. The molecule has 0 aliphatic heterocycles. The molecule has 0 aromatic carbocycles. The molecule has 0 aliphatic rings. The Kier molecular flexibility index (Phi) is 6.48. The number of ether oxygens (including phenoxy) is 1. The Hall–Kier alpha value is -1.22. The number of Topliss-reactive ketones (excluding diaryl/α,β-unsaturated/α-hetero) is 1. The lowest BCUT2D eigenvalue weighted by molar-refractivity contribution is 0.0902. The molecule has 0 spiro atoms. The zero-order valence-electron chi connectivity index (χ0n) is 9.89. The van der Waals surface area contributed by atoms with Gasteiger partial charge in [0.25, 0.3) is 0 Å². The molecular weight excluding hydrogens is 236 g/mol. The van der Waals surface area contributed by atoms with E-state index in [4.69, 9.17) is 10.00 Å². The van der Waals surface area contributed by atoms with Gasteiger partial charge in [0.15, 0.2) is 5.78 Å². The van der Waals surface area contributed by atoms with E-state index >= 15 is 0 Å². The van der Waals surface area contributed by atoms with Gasteiger partial charge < -0.3 is 4.74 Å². The highest BCUT2D eigenvalue weighted by atomic mass is 32.1. The minimum atomic E-state index is 0.106. The summed E-state index contributed by atoms with van der Waals surface area (Å²) in [5.74, 6) is 0.106. The lowest BCUT2D eigenvalue weighted by atomic mass is 10.3. The van der Waals surface area contributed by atoms with Crippen molar-refractivity contribution in [2.75, 3.05) is 33.4 Å². The first-order valence-corrected chi connectivity index (χ1v) is 6.31. The van der Waals surface area contributed by atoms with Crippen molar-refractivity contribution < 1.29 is 9.53 Å². The Bertz CT molecular complexity index is 370. The summed E-state index contributed by atoms with van der Waals surface area (Å²) >= 11 is 1.45. The van der Waals surface area contributed by atoms with Crippen LogP contribution in [-0.4, -0.2) is 44.0 Å². The third kappa shape index (κ3) is 5.09. The quantitative estimate of drug-likeness (QED) is 0.662. The van der Waals surface area contributed by atoms with Crippen LogP contribution in [0, 0.1) is 11.3 Å². The molecule has 0 atom stereocenters. The molecule has 1 rings (SSSR count). The van der Waals surface area contributed by atoms with Gasteiger partial charge in [-0.05, 0) is 11.4 Å². The van der Waals surface area contributed by atoms with Crippen LogP contribution < -0.4 is 0 Å². The molecule has 0 unspecified atom stereocenters. The van der Waals surface area contributed by atoms with Crippen LogP contribution in [0.4, 0.5) is 0 Å². The van der Waals surface area contributed by atoms with Gasteiger partial charge in [0, 0.05) is 26.6 Å². The minimum Gasteiger partial charge on any atom is -0.383 e. The molecule has 5 heteroatoms. The van der Waals surface area contributed by atoms with Crippen LogP contribution in [0.25, 0.3) is 0 Å². The van der Waals surface area contributed by atoms with Gasteiger partial charge in [-0.15, -0.1) is 11.3 Å². The topological polar surface area (TPSA) is 53.3 Å². The Morgan fingerprint density at radius 1 is 1.59 bits per heavy atom. The van der Waals surface area contributed by atoms with Gasteiger partial charge in [-0.25, -0.2) is 0 Å². The van der Waals surface area contributed by atoms with E-state index in [1.807, 2.05) is 22.4 Å². The first-order chi connectivity index (χ1) is 8.27. The molecule has 0 bridgehead atoms. The van der Waals surface area contributed by atoms with Crippen LogP contribution in [0.15, 0.2) is 17.5 Å². The summed E-state index contributed by atoms with van der Waals surface area (Å²) in [6, 6.07) is 5.78. The van der Waals surface area contributed by atoms with Crippen molar-refractivity contribution in [3.63, 3.8) is 0 Å². The molecular formula is C12H16N2O2S. The molecule has 17 heavy (non-hydrogen) atoms. The summed E-state index contributed by atoms with van der Waals surface area (Å²) in [7, 11) is 1.63.